The number of esters is 1. The van der Waals surface area contributed by atoms with Crippen LogP contribution < -0.4 is 10.7 Å². The van der Waals surface area contributed by atoms with Crippen LogP contribution in [-0.2, 0) is 9.53 Å². The van der Waals surface area contributed by atoms with Gasteiger partial charge in [0, 0.05) is 23.0 Å². The number of carbonyl (C=O) groups excluding carboxylic acids is 2. The van der Waals surface area contributed by atoms with Gasteiger partial charge in [0.1, 0.15) is 5.69 Å². The van der Waals surface area contributed by atoms with Gasteiger partial charge in [-0.1, -0.05) is 19.1 Å². The molecule has 1 aliphatic rings. The highest BCUT2D eigenvalue weighted by Crippen LogP contribution is 2.23. The Hall–Kier alpha value is -2.63. The molecule has 1 heterocycles. The molecule has 0 aliphatic heterocycles. The van der Waals surface area contributed by atoms with Crippen LogP contribution in [0, 0.1) is 5.92 Å². The third kappa shape index (κ3) is 4.26. The molecule has 2 aromatic rings. The van der Waals surface area contributed by atoms with Crippen LogP contribution in [0.15, 0.2) is 35.1 Å². The number of hydrogen-bond acceptors (Lipinski definition) is 4. The fourth-order valence-electron chi connectivity index (χ4n) is 3.19. The van der Waals surface area contributed by atoms with Gasteiger partial charge in [0.05, 0.1) is 0 Å². The predicted molar refractivity (Wildman–Crippen MR) is 94.4 cm³/mol. The zero-order valence-corrected chi connectivity index (χ0v) is 14.2. The monoisotopic (exact) mass is 342 g/mol. The molecule has 1 aromatic carbocycles. The summed E-state index contributed by atoms with van der Waals surface area (Å²) in [6.07, 6.45) is 4.11. The summed E-state index contributed by atoms with van der Waals surface area (Å²) in [7, 11) is 0. The topological polar surface area (TPSA) is 88.3 Å². The van der Waals surface area contributed by atoms with E-state index in [4.69, 9.17) is 4.74 Å². The van der Waals surface area contributed by atoms with Crippen molar-refractivity contribution in [1.29, 1.82) is 0 Å². The second kappa shape index (κ2) is 7.51. The van der Waals surface area contributed by atoms with Gasteiger partial charge < -0.3 is 15.0 Å². The Morgan fingerprint density at radius 1 is 1.20 bits per heavy atom. The van der Waals surface area contributed by atoms with Crippen LogP contribution in [0.25, 0.3) is 10.9 Å². The number of fused-ring (bicyclic) bond motifs is 1. The van der Waals surface area contributed by atoms with E-state index in [9.17, 15) is 14.4 Å². The van der Waals surface area contributed by atoms with E-state index in [1.807, 2.05) is 0 Å². The van der Waals surface area contributed by atoms with Gasteiger partial charge in [-0.15, -0.1) is 0 Å². The number of nitrogens with one attached hydrogen (secondary N) is 2. The Balaban J connectivity index is 1.57. The number of para-hydroxylation sites is 1. The van der Waals surface area contributed by atoms with Crippen LogP contribution in [0.5, 0.6) is 0 Å². The first-order chi connectivity index (χ1) is 12.0. The number of aromatic nitrogens is 1. The molecule has 3 rings (SSSR count). The Kier molecular flexibility index (Phi) is 5.16. The number of ether oxygens (including phenoxy) is 1. The smallest absolute Gasteiger partial charge is 0.355 e. The molecule has 0 saturated heterocycles. The van der Waals surface area contributed by atoms with Crippen molar-refractivity contribution < 1.29 is 14.3 Å². The third-order valence-electron chi connectivity index (χ3n) is 4.67. The molecule has 0 unspecified atom stereocenters. The number of rotatable bonds is 4. The minimum Gasteiger partial charge on any atom is -0.451 e. The lowest BCUT2D eigenvalue weighted by molar-refractivity contribution is -0.125. The third-order valence-corrected chi connectivity index (χ3v) is 4.67. The minimum atomic E-state index is -0.713. The summed E-state index contributed by atoms with van der Waals surface area (Å²) >= 11 is 0. The number of pyridine rings is 1. The van der Waals surface area contributed by atoms with Crippen LogP contribution in [0.4, 0.5) is 0 Å². The zero-order valence-electron chi connectivity index (χ0n) is 14.2. The Morgan fingerprint density at radius 2 is 1.92 bits per heavy atom. The quantitative estimate of drug-likeness (QED) is 0.835. The average molecular weight is 342 g/mol. The number of carbonyl (C=O) groups is 2. The highest BCUT2D eigenvalue weighted by atomic mass is 16.5. The predicted octanol–water partition coefficient (Wildman–Crippen LogP) is 2.38. The van der Waals surface area contributed by atoms with E-state index < -0.39 is 5.97 Å². The van der Waals surface area contributed by atoms with Gasteiger partial charge in [-0.05, 0) is 43.7 Å². The van der Waals surface area contributed by atoms with E-state index in [2.05, 4.69) is 17.2 Å². The van der Waals surface area contributed by atoms with E-state index in [0.717, 1.165) is 25.7 Å². The van der Waals surface area contributed by atoms with Gasteiger partial charge in [0.15, 0.2) is 12.0 Å². The summed E-state index contributed by atoms with van der Waals surface area (Å²) in [5.41, 5.74) is 0.341. The lowest BCUT2D eigenvalue weighted by Gasteiger charge is -2.26. The van der Waals surface area contributed by atoms with Crippen LogP contribution in [0.3, 0.4) is 0 Å². The van der Waals surface area contributed by atoms with Crippen molar-refractivity contribution >= 4 is 22.8 Å². The van der Waals surface area contributed by atoms with E-state index in [0.29, 0.717) is 16.8 Å². The molecule has 0 bridgehead atoms. The van der Waals surface area contributed by atoms with E-state index >= 15 is 0 Å². The summed E-state index contributed by atoms with van der Waals surface area (Å²) in [5.74, 6) is -0.318. The van der Waals surface area contributed by atoms with E-state index in [-0.39, 0.29) is 29.7 Å². The molecule has 1 amide bonds. The normalized spacial score (nSPS) is 20.2. The van der Waals surface area contributed by atoms with E-state index in [1.165, 1.54) is 6.07 Å². The molecule has 0 atom stereocenters. The zero-order chi connectivity index (χ0) is 17.8. The SMILES string of the molecule is CC1CCC(NC(=O)COC(=O)c2cc(=O)c3ccccc3[nH]2)CC1. The maximum Gasteiger partial charge on any atom is 0.355 e. The van der Waals surface area contributed by atoms with Crippen LogP contribution in [-0.4, -0.2) is 29.5 Å². The Bertz CT molecular complexity index is 835. The minimum absolute atomic E-state index is 0.0444. The van der Waals surface area contributed by atoms with Gasteiger partial charge in [0.2, 0.25) is 0 Å². The number of aromatic amines is 1. The average Bonchev–Trinajstić information content (AvgIpc) is 2.61. The first-order valence-corrected chi connectivity index (χ1v) is 8.61. The van der Waals surface area contributed by atoms with Crippen LogP contribution in [0.1, 0.15) is 43.1 Å². The summed E-state index contributed by atoms with van der Waals surface area (Å²) in [4.78, 5) is 39.0. The molecule has 1 aromatic heterocycles. The molecule has 1 fully saturated rings. The number of H-pyrrole nitrogens is 1. The molecular weight excluding hydrogens is 320 g/mol. The molecule has 2 N–H and O–H groups in total. The Labute approximate surface area is 145 Å². The van der Waals surface area contributed by atoms with Crippen molar-refractivity contribution in [2.24, 2.45) is 5.92 Å². The second-order valence-corrected chi connectivity index (χ2v) is 6.69. The highest BCUT2D eigenvalue weighted by molar-refractivity contribution is 5.92. The van der Waals surface area contributed by atoms with Crippen molar-refractivity contribution in [1.82, 2.24) is 10.3 Å². The molecule has 0 radical (unpaired) electrons. The lowest BCUT2D eigenvalue weighted by atomic mass is 9.87. The fraction of sp³-hybridized carbons (Fsp3) is 0.421. The van der Waals surface area contributed by atoms with Gasteiger partial charge in [-0.3, -0.25) is 9.59 Å². The van der Waals surface area contributed by atoms with Crippen molar-refractivity contribution in [3.05, 3.63) is 46.2 Å². The Morgan fingerprint density at radius 3 is 2.68 bits per heavy atom. The molecule has 132 valence electrons. The maximum atomic E-state index is 12.1. The molecular formula is C19H22N2O4. The molecule has 6 nitrogen and oxygen atoms in total. The van der Waals surface area contributed by atoms with E-state index in [1.54, 1.807) is 24.3 Å². The molecule has 25 heavy (non-hydrogen) atoms. The van der Waals surface area contributed by atoms with Crippen molar-refractivity contribution in [2.45, 2.75) is 38.6 Å². The molecule has 1 saturated carbocycles. The first-order valence-electron chi connectivity index (χ1n) is 8.61. The maximum absolute atomic E-state index is 12.1. The highest BCUT2D eigenvalue weighted by Gasteiger charge is 2.20. The fourth-order valence-corrected chi connectivity index (χ4v) is 3.19. The molecule has 6 heteroatoms. The van der Waals surface area contributed by atoms with Gasteiger partial charge in [-0.2, -0.15) is 0 Å². The number of amides is 1. The standard InChI is InChI=1S/C19H22N2O4/c1-12-6-8-13(9-7-12)20-18(23)11-25-19(24)16-10-17(22)14-4-2-3-5-15(14)21-16/h2-5,10,12-13H,6-9,11H2,1H3,(H,20,23)(H,21,22). The summed E-state index contributed by atoms with van der Waals surface area (Å²) in [6.45, 7) is 1.86. The number of benzene rings is 1. The molecule has 1 aliphatic carbocycles. The lowest BCUT2D eigenvalue weighted by Crippen LogP contribution is -2.39. The molecule has 0 spiro atoms. The van der Waals surface area contributed by atoms with Crippen LogP contribution in [0.2, 0.25) is 0 Å². The largest absolute Gasteiger partial charge is 0.451 e. The van der Waals surface area contributed by atoms with Gasteiger partial charge >= 0.3 is 5.97 Å². The van der Waals surface area contributed by atoms with Crippen molar-refractivity contribution in [3.63, 3.8) is 0 Å². The van der Waals surface area contributed by atoms with Crippen molar-refractivity contribution in [2.75, 3.05) is 6.61 Å². The summed E-state index contributed by atoms with van der Waals surface area (Å²) in [5, 5.41) is 3.40. The summed E-state index contributed by atoms with van der Waals surface area (Å²) < 4.78 is 5.04. The van der Waals surface area contributed by atoms with Crippen molar-refractivity contribution in [3.8, 4) is 0 Å². The first kappa shape index (κ1) is 17.2. The van der Waals surface area contributed by atoms with Gasteiger partial charge in [-0.25, -0.2) is 4.79 Å². The number of hydrogen-bond donors (Lipinski definition) is 2. The second-order valence-electron chi connectivity index (χ2n) is 6.69. The van der Waals surface area contributed by atoms with Crippen LogP contribution >= 0.6 is 0 Å². The summed E-state index contributed by atoms with van der Waals surface area (Å²) in [6, 6.07) is 8.28. The van der Waals surface area contributed by atoms with Gasteiger partial charge in [0.25, 0.3) is 5.91 Å².